The first kappa shape index (κ1) is 34.1. The fourth-order valence-electron chi connectivity index (χ4n) is 4.82. The minimum absolute atomic E-state index is 0.190. The summed E-state index contributed by atoms with van der Waals surface area (Å²) in [5.74, 6) is 0. The van der Waals surface area contributed by atoms with Gasteiger partial charge in [0, 0.05) is 13.2 Å². The molecule has 0 fully saturated rings. The predicted molar refractivity (Wildman–Crippen MR) is 143 cm³/mol. The topological polar surface area (TPSA) is 27.7 Å². The van der Waals surface area contributed by atoms with Crippen molar-refractivity contribution in [2.24, 2.45) is 0 Å². The zero-order chi connectivity index (χ0) is 24.7. The van der Waals surface area contributed by atoms with E-state index in [2.05, 4.69) is 55.4 Å². The van der Waals surface area contributed by atoms with E-state index in [1.54, 1.807) is 0 Å². The molecule has 0 heterocycles. The van der Waals surface area contributed by atoms with Crippen molar-refractivity contribution in [3.63, 3.8) is 0 Å². The van der Waals surface area contributed by atoms with Gasteiger partial charge in [-0.25, -0.2) is 0 Å². The van der Waals surface area contributed by atoms with Gasteiger partial charge in [-0.2, -0.15) is 6.42 Å². The van der Waals surface area contributed by atoms with Gasteiger partial charge in [0.2, 0.25) is 0 Å². The van der Waals surface area contributed by atoms with Crippen LogP contribution in [0.2, 0.25) is 0 Å². The number of rotatable bonds is 21. The number of quaternary nitrogens is 1. The van der Waals surface area contributed by atoms with Crippen LogP contribution in [0, 0.1) is 6.92 Å². The summed E-state index contributed by atoms with van der Waals surface area (Å²) >= 11 is 0. The van der Waals surface area contributed by atoms with Crippen LogP contribution in [0.15, 0.2) is 0 Å². The van der Waals surface area contributed by atoms with Crippen molar-refractivity contribution in [3.05, 3.63) is 6.92 Å². The smallest absolute Gasteiger partial charge is 0.386 e. The van der Waals surface area contributed by atoms with Gasteiger partial charge in [0.15, 0.2) is 0 Å². The third-order valence-corrected chi connectivity index (χ3v) is 5.85. The van der Waals surface area contributed by atoms with Gasteiger partial charge in [0.1, 0.15) is 6.04 Å². The van der Waals surface area contributed by atoms with Crippen LogP contribution in [0.25, 0.3) is 0 Å². The molecule has 0 aliphatic carbocycles. The Labute approximate surface area is 203 Å². The number of hydrogen-bond donors (Lipinski definition) is 0. The largest absolute Gasteiger partial charge is 0.639 e. The SMILES string of the molecule is CCCCCC(OB(OCCC)OCCC)C(CC)[N+](CCC)(CCC)CCC.[CH2-]CC. The van der Waals surface area contributed by atoms with Crippen molar-refractivity contribution < 1.29 is 18.4 Å². The van der Waals surface area contributed by atoms with Crippen molar-refractivity contribution in [1.29, 1.82) is 0 Å². The van der Waals surface area contributed by atoms with Crippen LogP contribution in [-0.2, 0) is 14.0 Å². The maximum absolute atomic E-state index is 6.64. The van der Waals surface area contributed by atoms with E-state index in [1.165, 1.54) is 62.6 Å². The second kappa shape index (κ2) is 24.0. The molecule has 2 unspecified atom stereocenters. The molecule has 0 aromatic carbocycles. The lowest BCUT2D eigenvalue weighted by molar-refractivity contribution is -0.954. The Balaban J connectivity index is 0. The fourth-order valence-corrected chi connectivity index (χ4v) is 4.82. The van der Waals surface area contributed by atoms with Gasteiger partial charge < -0.3 is 25.4 Å². The summed E-state index contributed by atoms with van der Waals surface area (Å²) in [6.07, 6.45) is 12.8. The molecule has 0 bridgehead atoms. The quantitative estimate of drug-likeness (QED) is 0.0760. The van der Waals surface area contributed by atoms with Gasteiger partial charge in [-0.05, 0) is 44.9 Å². The van der Waals surface area contributed by atoms with Crippen LogP contribution in [0.4, 0.5) is 0 Å². The molecule has 0 aliphatic rings. The lowest BCUT2D eigenvalue weighted by atomic mass is 9.94. The molecule has 2 atom stereocenters. The summed E-state index contributed by atoms with van der Waals surface area (Å²) in [5, 5.41) is 0. The normalized spacial score (nSPS) is 13.4. The van der Waals surface area contributed by atoms with Crippen molar-refractivity contribution in [2.75, 3.05) is 32.8 Å². The summed E-state index contributed by atoms with van der Waals surface area (Å²) in [6.45, 7) is 26.5. The molecule has 32 heavy (non-hydrogen) atoms. The van der Waals surface area contributed by atoms with Gasteiger partial charge in [-0.15, -0.1) is 0 Å². The third kappa shape index (κ3) is 14.9. The first-order chi connectivity index (χ1) is 15.5. The monoisotopic (exact) mass is 457 g/mol. The number of hydrogen-bond acceptors (Lipinski definition) is 3. The second-order valence-electron chi connectivity index (χ2n) is 9.07. The average molecular weight is 458 g/mol. The van der Waals surface area contributed by atoms with Crippen LogP contribution < -0.4 is 0 Å². The Morgan fingerprint density at radius 3 is 1.50 bits per heavy atom. The van der Waals surface area contributed by atoms with E-state index in [0.717, 1.165) is 32.1 Å². The van der Waals surface area contributed by atoms with E-state index in [9.17, 15) is 0 Å². The predicted octanol–water partition coefficient (Wildman–Crippen LogP) is 7.85. The fraction of sp³-hybridized carbons (Fsp3) is 0.963. The molecule has 0 amide bonds. The summed E-state index contributed by atoms with van der Waals surface area (Å²) in [5.41, 5.74) is 0. The highest BCUT2D eigenvalue weighted by atomic mass is 16.7. The molecule has 0 aromatic rings. The molecule has 5 heteroatoms. The van der Waals surface area contributed by atoms with Gasteiger partial charge in [0.25, 0.3) is 0 Å². The molecular weight excluding hydrogens is 397 g/mol. The molecule has 0 rings (SSSR count). The van der Waals surface area contributed by atoms with Crippen LogP contribution >= 0.6 is 0 Å². The Kier molecular flexibility index (Phi) is 25.6. The molecule has 0 aliphatic heterocycles. The summed E-state index contributed by atoms with van der Waals surface area (Å²) in [6, 6.07) is 0.504. The molecule has 194 valence electrons. The minimum Gasteiger partial charge on any atom is -0.386 e. The zero-order valence-corrected chi connectivity index (χ0v) is 23.4. The lowest BCUT2D eigenvalue weighted by Crippen LogP contribution is -2.62. The highest BCUT2D eigenvalue weighted by Crippen LogP contribution is 2.28. The maximum atomic E-state index is 6.64. The van der Waals surface area contributed by atoms with Gasteiger partial charge in [-0.3, -0.25) is 0 Å². The summed E-state index contributed by atoms with van der Waals surface area (Å²) < 4.78 is 19.8. The van der Waals surface area contributed by atoms with Crippen LogP contribution in [0.1, 0.15) is 126 Å². The summed E-state index contributed by atoms with van der Waals surface area (Å²) in [4.78, 5) is 0. The maximum Gasteiger partial charge on any atom is 0.639 e. The minimum atomic E-state index is -0.526. The van der Waals surface area contributed by atoms with E-state index in [1.807, 2.05) is 6.92 Å². The number of unbranched alkanes of at least 4 members (excludes halogenated alkanes) is 2. The van der Waals surface area contributed by atoms with Crippen LogP contribution in [-0.4, -0.2) is 56.8 Å². The summed E-state index contributed by atoms with van der Waals surface area (Å²) in [7, 11) is -0.526. The molecule has 4 nitrogen and oxygen atoms in total. The van der Waals surface area contributed by atoms with Gasteiger partial charge >= 0.3 is 7.32 Å². The lowest BCUT2D eigenvalue weighted by Gasteiger charge is -2.48. The van der Waals surface area contributed by atoms with Crippen molar-refractivity contribution in [3.8, 4) is 0 Å². The van der Waals surface area contributed by atoms with Crippen molar-refractivity contribution in [2.45, 2.75) is 138 Å². The molecule has 0 spiro atoms. The van der Waals surface area contributed by atoms with Gasteiger partial charge in [0.05, 0.1) is 25.7 Å². The molecule has 0 N–H and O–H groups in total. The molecular formula is C27H60BNO3. The average Bonchev–Trinajstić information content (AvgIpc) is 2.77. The highest BCUT2D eigenvalue weighted by Gasteiger charge is 2.41. The zero-order valence-electron chi connectivity index (χ0n) is 23.4. The highest BCUT2D eigenvalue weighted by molar-refractivity contribution is 6.36. The van der Waals surface area contributed by atoms with E-state index in [0.29, 0.717) is 19.3 Å². The molecule has 0 radical (unpaired) electrons. The van der Waals surface area contributed by atoms with E-state index < -0.39 is 7.32 Å². The number of nitrogens with zero attached hydrogens (tertiary/aromatic N) is 1. The Bertz CT molecular complexity index is 346. The Hall–Kier alpha value is -0.0951. The molecule has 0 aromatic heterocycles. The third-order valence-electron chi connectivity index (χ3n) is 5.85. The molecule has 0 saturated heterocycles. The standard InChI is InChI=1S/C24H53BNO3.C3H7/c1-8-15-16-17-24(29-25(27-21-12-5)28-22-13-6)23(14-7)26(18-9-2,19-10-3)20-11-4;1-3-2/h23-24H,8-22H2,1-7H3;1,3H2,2H3/q+1;-1. The van der Waals surface area contributed by atoms with E-state index >= 15 is 0 Å². The van der Waals surface area contributed by atoms with Crippen LogP contribution in [0.5, 0.6) is 0 Å². The van der Waals surface area contributed by atoms with Gasteiger partial charge in [-0.1, -0.05) is 74.7 Å². The molecule has 0 saturated carbocycles. The first-order valence-electron chi connectivity index (χ1n) is 14.0. The van der Waals surface area contributed by atoms with Crippen molar-refractivity contribution in [1.82, 2.24) is 0 Å². The second-order valence-corrected chi connectivity index (χ2v) is 9.07. The van der Waals surface area contributed by atoms with Crippen LogP contribution in [0.3, 0.4) is 0 Å². The van der Waals surface area contributed by atoms with E-state index in [-0.39, 0.29) is 6.10 Å². The Morgan fingerprint density at radius 2 is 1.16 bits per heavy atom. The van der Waals surface area contributed by atoms with Crippen molar-refractivity contribution >= 4 is 7.32 Å². The first-order valence-corrected chi connectivity index (χ1v) is 14.0. The van der Waals surface area contributed by atoms with E-state index in [4.69, 9.17) is 14.0 Å². The Morgan fingerprint density at radius 1 is 0.688 bits per heavy atom.